The highest BCUT2D eigenvalue weighted by atomic mass is 32.2. The first-order chi connectivity index (χ1) is 29.2. The molecule has 2 aliphatic rings. The first-order valence-electron chi connectivity index (χ1n) is 21.0. The van der Waals surface area contributed by atoms with Crippen LogP contribution in [0.1, 0.15) is 64.7 Å². The number of carbonyl (C=O) groups excluding carboxylic acids is 8. The van der Waals surface area contributed by atoms with Gasteiger partial charge in [-0.3, -0.25) is 33.6 Å². The Hall–Kier alpha value is -4.25. The van der Waals surface area contributed by atoms with Gasteiger partial charge in [0.15, 0.2) is 0 Å². The molecule has 21 nitrogen and oxygen atoms in total. The maximum atomic E-state index is 13.7. The third-order valence-electron chi connectivity index (χ3n) is 10.4. The number of unbranched alkanes of at least 4 members (excludes halogenated alkanes) is 3. The Bertz CT molecular complexity index is 1430. The minimum absolute atomic E-state index is 0.00171. The third-order valence-corrected chi connectivity index (χ3v) is 11.9. The van der Waals surface area contributed by atoms with Gasteiger partial charge >= 0.3 is 6.03 Å². The number of primary amides is 1. The van der Waals surface area contributed by atoms with Crippen LogP contribution in [-0.4, -0.2) is 203 Å². The zero-order valence-electron chi connectivity index (χ0n) is 36.4. The lowest BCUT2D eigenvalue weighted by Crippen LogP contribution is -2.53. The van der Waals surface area contributed by atoms with E-state index in [0.717, 1.165) is 25.0 Å². The number of hydrogen-bond acceptors (Lipinski definition) is 13. The summed E-state index contributed by atoms with van der Waals surface area (Å²) in [4.78, 5) is 108. The van der Waals surface area contributed by atoms with Gasteiger partial charge in [-0.25, -0.2) is 4.79 Å². The van der Waals surface area contributed by atoms with E-state index in [-0.39, 0.29) is 95.4 Å². The lowest BCUT2D eigenvalue weighted by atomic mass is 10.0. The van der Waals surface area contributed by atoms with Gasteiger partial charge in [0, 0.05) is 78.4 Å². The lowest BCUT2D eigenvalue weighted by Gasteiger charge is -2.31. The molecule has 61 heavy (non-hydrogen) atoms. The van der Waals surface area contributed by atoms with Crippen molar-refractivity contribution in [1.82, 2.24) is 40.9 Å². The number of carbonyl (C=O) groups is 8. The number of fused-ring (bicyclic) bond motifs is 1. The van der Waals surface area contributed by atoms with E-state index in [0.29, 0.717) is 50.4 Å². The van der Waals surface area contributed by atoms with Crippen molar-refractivity contribution in [3.63, 3.8) is 0 Å². The number of amides is 9. The quantitative estimate of drug-likeness (QED) is 0.0307. The average Bonchev–Trinajstić information content (AvgIpc) is 3.78. The number of hydrogen-bond donors (Lipinski definition) is 6. The van der Waals surface area contributed by atoms with Crippen molar-refractivity contribution in [2.24, 2.45) is 11.5 Å². The molecule has 348 valence electrons. The summed E-state index contributed by atoms with van der Waals surface area (Å²) < 4.78 is 15.4. The SMILES string of the molecule is COCCN(CC(=O)N(CCCCN)CC(=O)N(CCOC)CC(=O)N(CCOC)CC(=O)N[C@@H](CCCCNC(=O)CCCCC1SC[C@@H]2NC(=O)N[C@H]12)C(N)=O)C(C)=O. The smallest absolute Gasteiger partial charge is 0.315 e. The van der Waals surface area contributed by atoms with E-state index in [9.17, 15) is 38.4 Å². The Morgan fingerprint density at radius 2 is 1.31 bits per heavy atom. The number of nitrogens with two attached hydrogens (primary N) is 2. The summed E-state index contributed by atoms with van der Waals surface area (Å²) >= 11 is 1.84. The fourth-order valence-electron chi connectivity index (χ4n) is 6.83. The second kappa shape index (κ2) is 29.9. The zero-order valence-corrected chi connectivity index (χ0v) is 37.2. The van der Waals surface area contributed by atoms with E-state index in [1.807, 2.05) is 11.8 Å². The summed E-state index contributed by atoms with van der Waals surface area (Å²) in [5.41, 5.74) is 11.3. The van der Waals surface area contributed by atoms with Crippen molar-refractivity contribution in [1.29, 1.82) is 0 Å². The number of nitrogens with one attached hydrogen (secondary N) is 4. The maximum Gasteiger partial charge on any atom is 0.315 e. The molecule has 0 spiro atoms. The van der Waals surface area contributed by atoms with Crippen molar-refractivity contribution in [3.05, 3.63) is 0 Å². The van der Waals surface area contributed by atoms with E-state index in [2.05, 4.69) is 21.3 Å². The largest absolute Gasteiger partial charge is 0.383 e. The molecule has 0 bridgehead atoms. The Balaban J connectivity index is 1.91. The van der Waals surface area contributed by atoms with Crippen LogP contribution in [0.5, 0.6) is 0 Å². The van der Waals surface area contributed by atoms with Crippen molar-refractivity contribution < 1.29 is 52.6 Å². The topological polar surface area (TPSA) is 277 Å². The number of methoxy groups -OCH3 is 3. The highest BCUT2D eigenvalue weighted by molar-refractivity contribution is 8.00. The van der Waals surface area contributed by atoms with Crippen molar-refractivity contribution in [2.75, 3.05) is 112 Å². The molecule has 2 rings (SSSR count). The van der Waals surface area contributed by atoms with Gasteiger partial charge in [-0.05, 0) is 51.5 Å². The van der Waals surface area contributed by atoms with Gasteiger partial charge in [-0.1, -0.05) is 6.42 Å². The van der Waals surface area contributed by atoms with Crippen LogP contribution in [0.3, 0.4) is 0 Å². The molecule has 2 heterocycles. The molecule has 2 fully saturated rings. The van der Waals surface area contributed by atoms with Crippen LogP contribution in [0.25, 0.3) is 0 Å². The molecule has 8 N–H and O–H groups in total. The molecule has 9 amide bonds. The summed E-state index contributed by atoms with van der Waals surface area (Å²) in [5, 5.41) is 11.7. The van der Waals surface area contributed by atoms with Crippen LogP contribution < -0.4 is 32.7 Å². The van der Waals surface area contributed by atoms with Crippen LogP contribution in [-0.2, 0) is 47.8 Å². The normalized spacial score (nSPS) is 17.1. The second-order valence-corrected chi connectivity index (χ2v) is 16.4. The molecule has 0 aromatic heterocycles. The Morgan fingerprint density at radius 1 is 0.738 bits per heavy atom. The zero-order chi connectivity index (χ0) is 45.2. The van der Waals surface area contributed by atoms with Gasteiger partial charge < -0.3 is 66.5 Å². The Morgan fingerprint density at radius 3 is 1.89 bits per heavy atom. The Kier molecular flexibility index (Phi) is 25.9. The molecule has 22 heteroatoms. The van der Waals surface area contributed by atoms with Gasteiger partial charge in [0.05, 0.1) is 58.1 Å². The summed E-state index contributed by atoms with van der Waals surface area (Å²) in [6, 6.07) is -0.824. The maximum absolute atomic E-state index is 13.7. The number of rotatable bonds is 33. The van der Waals surface area contributed by atoms with Crippen LogP contribution in [0.2, 0.25) is 0 Å². The first kappa shape index (κ1) is 52.9. The predicted octanol–water partition coefficient (Wildman–Crippen LogP) is -2.02. The van der Waals surface area contributed by atoms with Gasteiger partial charge in [-0.15, -0.1) is 0 Å². The molecule has 1 unspecified atom stereocenters. The Labute approximate surface area is 363 Å². The van der Waals surface area contributed by atoms with Crippen molar-refractivity contribution >= 4 is 59.1 Å². The van der Waals surface area contributed by atoms with E-state index in [1.54, 1.807) is 0 Å². The second-order valence-electron chi connectivity index (χ2n) is 15.1. The fraction of sp³-hybridized carbons (Fsp3) is 0.795. The molecule has 0 radical (unpaired) electrons. The number of thioether (sulfide) groups is 1. The standard InChI is InChI=1S/C39H70N10O11S/c1-28(50)46(17-20-58-2)24-34(53)47(16-10-8-14-40)25-36(55)49(19-22-60-4)26-35(54)48(18-21-59-3)23-33(52)43-29(38(41)56)11-7-9-15-42-32(51)13-6-5-12-31-37-30(27-61-31)44-39(57)45-37/h29-31,37H,5-27,40H2,1-4H3,(H2,41,56)(H,42,51)(H,43,52)(H2,44,45,57)/t29-,30-,31?,37-/m0/s1. The highest BCUT2D eigenvalue weighted by Gasteiger charge is 2.42. The molecule has 0 aromatic carbocycles. The summed E-state index contributed by atoms with van der Waals surface area (Å²) in [6.45, 7) is 1.35. The first-order valence-corrected chi connectivity index (χ1v) is 22.1. The third kappa shape index (κ3) is 20.4. The van der Waals surface area contributed by atoms with Crippen molar-refractivity contribution in [3.8, 4) is 0 Å². The summed E-state index contributed by atoms with van der Waals surface area (Å²) in [5.74, 6) is -2.49. The van der Waals surface area contributed by atoms with Crippen LogP contribution in [0.15, 0.2) is 0 Å². The van der Waals surface area contributed by atoms with Crippen LogP contribution in [0, 0.1) is 0 Å². The lowest BCUT2D eigenvalue weighted by molar-refractivity contribution is -0.147. The molecule has 0 aliphatic carbocycles. The van der Waals surface area contributed by atoms with E-state index < -0.39 is 48.7 Å². The van der Waals surface area contributed by atoms with Crippen LogP contribution >= 0.6 is 11.8 Å². The van der Waals surface area contributed by atoms with Gasteiger partial charge in [0.25, 0.3) is 0 Å². The molecule has 2 saturated heterocycles. The predicted molar refractivity (Wildman–Crippen MR) is 228 cm³/mol. The van der Waals surface area contributed by atoms with E-state index >= 15 is 0 Å². The molecule has 0 saturated carbocycles. The summed E-state index contributed by atoms with van der Waals surface area (Å²) in [7, 11) is 4.35. The van der Waals surface area contributed by atoms with Gasteiger partial charge in [0.2, 0.25) is 41.4 Å². The summed E-state index contributed by atoms with van der Waals surface area (Å²) in [6.07, 6.45) is 5.26. The highest BCUT2D eigenvalue weighted by Crippen LogP contribution is 2.33. The molecule has 2 aliphatic heterocycles. The number of ether oxygens (including phenoxy) is 3. The van der Waals surface area contributed by atoms with Gasteiger partial charge in [0.1, 0.15) is 6.04 Å². The monoisotopic (exact) mass is 886 g/mol. The van der Waals surface area contributed by atoms with Crippen molar-refractivity contribution in [2.45, 2.75) is 88.1 Å². The van der Waals surface area contributed by atoms with Crippen LogP contribution in [0.4, 0.5) is 4.79 Å². The molecular formula is C39H70N10O11S. The number of nitrogens with zero attached hydrogens (tertiary/aromatic N) is 4. The van der Waals surface area contributed by atoms with Gasteiger partial charge in [-0.2, -0.15) is 11.8 Å². The minimum atomic E-state index is -1.02. The number of urea groups is 1. The minimum Gasteiger partial charge on any atom is -0.383 e. The van der Waals surface area contributed by atoms with E-state index in [4.69, 9.17) is 25.7 Å². The molecule has 4 atom stereocenters. The van der Waals surface area contributed by atoms with E-state index in [1.165, 1.54) is 47.9 Å². The average molecular weight is 887 g/mol. The molecule has 0 aromatic rings. The fourth-order valence-corrected chi connectivity index (χ4v) is 8.37. The molecular weight excluding hydrogens is 817 g/mol.